The van der Waals surface area contributed by atoms with Gasteiger partial charge in [-0.2, -0.15) is 0 Å². The maximum Gasteiger partial charge on any atom is 0.215 e. The molecule has 0 aliphatic carbocycles. The maximum absolute atomic E-state index is 12.9. The van der Waals surface area contributed by atoms with E-state index in [1.54, 1.807) is 11.3 Å². The van der Waals surface area contributed by atoms with Gasteiger partial charge in [-0.1, -0.05) is 12.1 Å². The Morgan fingerprint density at radius 3 is 2.60 bits per heavy atom. The summed E-state index contributed by atoms with van der Waals surface area (Å²) in [6.07, 6.45) is 4.26. The lowest BCUT2D eigenvalue weighted by molar-refractivity contribution is 0.575. The molecule has 0 atom stereocenters. The zero-order valence-corrected chi connectivity index (χ0v) is 15.6. The molecule has 5 nitrogen and oxygen atoms in total. The summed E-state index contributed by atoms with van der Waals surface area (Å²) in [6.45, 7) is 2.42. The van der Waals surface area contributed by atoms with E-state index in [4.69, 9.17) is 0 Å². The van der Waals surface area contributed by atoms with Crippen molar-refractivity contribution in [3.8, 4) is 0 Å². The van der Waals surface area contributed by atoms with Crippen LogP contribution in [0.25, 0.3) is 0 Å². The van der Waals surface area contributed by atoms with E-state index in [-0.39, 0.29) is 11.6 Å². The Bertz CT molecular complexity index is 784. The lowest BCUT2D eigenvalue weighted by Gasteiger charge is -2.25. The third kappa shape index (κ3) is 5.49. The number of anilines is 1. The molecule has 3 rings (SSSR count). The van der Waals surface area contributed by atoms with Crippen molar-refractivity contribution in [1.29, 1.82) is 0 Å². The number of benzene rings is 1. The first-order chi connectivity index (χ1) is 12.0. The van der Waals surface area contributed by atoms with Crippen LogP contribution < -0.4 is 9.62 Å². The van der Waals surface area contributed by atoms with Crippen LogP contribution in [-0.4, -0.2) is 33.0 Å². The van der Waals surface area contributed by atoms with Crippen LogP contribution in [0.1, 0.15) is 30.5 Å². The summed E-state index contributed by atoms with van der Waals surface area (Å²) in [5, 5.41) is 3.03. The summed E-state index contributed by atoms with van der Waals surface area (Å²) in [5.74, 6) is -0.522. The van der Waals surface area contributed by atoms with Gasteiger partial charge in [0.25, 0.3) is 0 Å². The Morgan fingerprint density at radius 1 is 1.16 bits per heavy atom. The number of aromatic nitrogens is 1. The first-order valence-corrected chi connectivity index (χ1v) is 11.0. The van der Waals surface area contributed by atoms with E-state index in [0.29, 0.717) is 18.5 Å². The fraction of sp³-hybridized carbons (Fsp3) is 0.471. The molecule has 1 N–H and O–H groups in total. The van der Waals surface area contributed by atoms with Crippen molar-refractivity contribution >= 4 is 26.5 Å². The molecule has 8 heteroatoms. The van der Waals surface area contributed by atoms with E-state index < -0.39 is 10.0 Å². The Hall–Kier alpha value is -1.51. The normalized spacial score (nSPS) is 15.5. The Balaban J connectivity index is 1.48. The summed E-state index contributed by atoms with van der Waals surface area (Å²) >= 11 is 1.62. The van der Waals surface area contributed by atoms with Crippen LogP contribution in [0.4, 0.5) is 9.52 Å². The summed E-state index contributed by atoms with van der Waals surface area (Å²) in [5.41, 5.74) is 1.48. The van der Waals surface area contributed by atoms with Gasteiger partial charge in [0.15, 0.2) is 5.13 Å². The molecule has 0 spiro atoms. The monoisotopic (exact) mass is 383 g/mol. The molecule has 1 aliphatic heterocycles. The minimum Gasteiger partial charge on any atom is -0.348 e. The Labute approximate surface area is 151 Å². The zero-order chi connectivity index (χ0) is 17.7. The molecule has 1 fully saturated rings. The van der Waals surface area contributed by atoms with Gasteiger partial charge in [-0.3, -0.25) is 0 Å². The van der Waals surface area contributed by atoms with Gasteiger partial charge in [-0.05, 0) is 37.0 Å². The first-order valence-electron chi connectivity index (χ1n) is 8.43. The van der Waals surface area contributed by atoms with Crippen LogP contribution in [0.3, 0.4) is 0 Å². The molecule has 0 radical (unpaired) electrons. The first kappa shape index (κ1) is 18.3. The lowest BCUT2D eigenvalue weighted by Crippen LogP contribution is -2.29. The molecule has 0 bridgehead atoms. The van der Waals surface area contributed by atoms with E-state index in [2.05, 4.69) is 14.6 Å². The van der Waals surface area contributed by atoms with Crippen molar-refractivity contribution in [2.24, 2.45) is 0 Å². The number of hydrogen-bond donors (Lipinski definition) is 1. The molecular formula is C17H22FN3O2S2. The quantitative estimate of drug-likeness (QED) is 0.799. The molecule has 136 valence electrons. The van der Waals surface area contributed by atoms with Gasteiger partial charge in [0.2, 0.25) is 10.0 Å². The van der Waals surface area contributed by atoms with Crippen molar-refractivity contribution in [3.63, 3.8) is 0 Å². The number of thiazole rings is 1. The lowest BCUT2D eigenvalue weighted by atomic mass is 10.1. The topological polar surface area (TPSA) is 62.3 Å². The highest BCUT2D eigenvalue weighted by atomic mass is 32.2. The van der Waals surface area contributed by atoms with Gasteiger partial charge in [-0.25, -0.2) is 22.5 Å². The number of hydrogen-bond acceptors (Lipinski definition) is 5. The van der Waals surface area contributed by atoms with Gasteiger partial charge >= 0.3 is 0 Å². The van der Waals surface area contributed by atoms with E-state index in [1.807, 2.05) is 5.38 Å². The highest BCUT2D eigenvalue weighted by Gasteiger charge is 2.15. The van der Waals surface area contributed by atoms with E-state index in [1.165, 1.54) is 43.5 Å². The molecule has 1 aliphatic rings. The minimum atomic E-state index is -3.44. The average Bonchev–Trinajstić information content (AvgIpc) is 3.06. The van der Waals surface area contributed by atoms with E-state index >= 15 is 0 Å². The molecule has 25 heavy (non-hydrogen) atoms. The standard InChI is InChI=1S/C17H22FN3O2S2/c18-15-6-4-14(5-7-15)13-25(22,23)19-9-8-16-12-24-17(20-16)21-10-2-1-3-11-21/h4-7,12,19H,1-3,8-11,13H2. The van der Waals surface area contributed by atoms with Crippen LogP contribution in [0.5, 0.6) is 0 Å². The van der Waals surface area contributed by atoms with Crippen molar-refractivity contribution < 1.29 is 12.8 Å². The molecular weight excluding hydrogens is 361 g/mol. The molecule has 1 aromatic carbocycles. The van der Waals surface area contributed by atoms with E-state index in [0.717, 1.165) is 23.9 Å². The molecule has 2 aromatic rings. The summed E-state index contributed by atoms with van der Waals surface area (Å²) in [4.78, 5) is 6.92. The fourth-order valence-corrected chi connectivity index (χ4v) is 4.89. The largest absolute Gasteiger partial charge is 0.348 e. The van der Waals surface area contributed by atoms with Crippen LogP contribution in [0, 0.1) is 5.82 Å². The number of rotatable bonds is 7. The van der Waals surface area contributed by atoms with Crippen molar-refractivity contribution in [2.75, 3.05) is 24.5 Å². The SMILES string of the molecule is O=S(=O)(Cc1ccc(F)cc1)NCCc1csc(N2CCCCC2)n1. The third-order valence-corrected chi connectivity index (χ3v) is 6.45. The molecule has 1 saturated heterocycles. The van der Waals surface area contributed by atoms with Gasteiger partial charge < -0.3 is 4.90 Å². The highest BCUT2D eigenvalue weighted by Crippen LogP contribution is 2.24. The van der Waals surface area contributed by atoms with Crippen molar-refractivity contribution in [1.82, 2.24) is 9.71 Å². The number of piperidine rings is 1. The molecule has 2 heterocycles. The summed E-state index contributed by atoms with van der Waals surface area (Å²) < 4.78 is 39.7. The van der Waals surface area contributed by atoms with Crippen molar-refractivity contribution in [3.05, 3.63) is 46.7 Å². The van der Waals surface area contributed by atoms with Crippen LogP contribution in [-0.2, 0) is 22.2 Å². The van der Waals surface area contributed by atoms with Gasteiger partial charge in [0, 0.05) is 31.4 Å². The molecule has 1 aromatic heterocycles. The molecule has 0 unspecified atom stereocenters. The zero-order valence-electron chi connectivity index (χ0n) is 13.9. The average molecular weight is 384 g/mol. The van der Waals surface area contributed by atoms with Gasteiger partial charge in [0.05, 0.1) is 11.4 Å². The molecule has 0 amide bonds. The van der Waals surface area contributed by atoms with Crippen LogP contribution >= 0.6 is 11.3 Å². The van der Waals surface area contributed by atoms with Gasteiger partial charge in [0.1, 0.15) is 5.82 Å². The Morgan fingerprint density at radius 2 is 1.88 bits per heavy atom. The smallest absolute Gasteiger partial charge is 0.215 e. The highest BCUT2D eigenvalue weighted by molar-refractivity contribution is 7.88. The second-order valence-electron chi connectivity index (χ2n) is 6.20. The predicted molar refractivity (Wildman–Crippen MR) is 98.9 cm³/mol. The predicted octanol–water partition coefficient (Wildman–Crippen LogP) is 2.93. The summed E-state index contributed by atoms with van der Waals surface area (Å²) in [6, 6.07) is 5.50. The van der Waals surface area contributed by atoms with Crippen molar-refractivity contribution in [2.45, 2.75) is 31.4 Å². The van der Waals surface area contributed by atoms with Gasteiger partial charge in [-0.15, -0.1) is 11.3 Å². The Kier molecular flexibility index (Phi) is 6.03. The second-order valence-corrected chi connectivity index (χ2v) is 8.84. The molecule has 0 saturated carbocycles. The number of nitrogens with zero attached hydrogens (tertiary/aromatic N) is 2. The van der Waals surface area contributed by atoms with Crippen LogP contribution in [0.2, 0.25) is 0 Å². The minimum absolute atomic E-state index is 0.149. The third-order valence-electron chi connectivity index (χ3n) is 4.14. The number of nitrogens with one attached hydrogen (secondary N) is 1. The number of halogens is 1. The van der Waals surface area contributed by atoms with E-state index in [9.17, 15) is 12.8 Å². The maximum atomic E-state index is 12.9. The summed E-state index contributed by atoms with van der Waals surface area (Å²) in [7, 11) is -3.44. The fourth-order valence-electron chi connectivity index (χ4n) is 2.83. The van der Waals surface area contributed by atoms with Crippen LogP contribution in [0.15, 0.2) is 29.6 Å². The number of sulfonamides is 1. The second kappa shape index (κ2) is 8.25.